The summed E-state index contributed by atoms with van der Waals surface area (Å²) < 4.78 is 4.61. The Morgan fingerprint density at radius 3 is 2.83 bits per heavy atom. The minimum atomic E-state index is -0.435. The van der Waals surface area contributed by atoms with Gasteiger partial charge in [-0.05, 0) is 23.8 Å². The van der Waals surface area contributed by atoms with Crippen LogP contribution < -0.4 is 0 Å². The fourth-order valence-electron chi connectivity index (χ4n) is 1.24. The number of ether oxygens (including phenoxy) is 1. The van der Waals surface area contributed by atoms with Crippen LogP contribution in [0.15, 0.2) is 34.5 Å². The second-order valence-electron chi connectivity index (χ2n) is 3.29. The summed E-state index contributed by atoms with van der Waals surface area (Å²) in [4.78, 5) is 11.3. The molecule has 0 bridgehead atoms. The molecule has 0 saturated heterocycles. The molecule has 1 N–H and O–H groups in total. The molecule has 1 rings (SSSR count). The van der Waals surface area contributed by atoms with Gasteiger partial charge in [0.1, 0.15) is 5.71 Å². The van der Waals surface area contributed by atoms with Crippen molar-refractivity contribution >= 4 is 41.0 Å². The molecule has 6 heteroatoms. The molecule has 0 atom stereocenters. The lowest BCUT2D eigenvalue weighted by Crippen LogP contribution is -2.02. The van der Waals surface area contributed by atoms with Crippen molar-refractivity contribution in [1.29, 1.82) is 0 Å². The first-order valence-electron chi connectivity index (χ1n) is 4.95. The maximum atomic E-state index is 11.3. The number of alkyl halides is 1. The molecule has 1 aromatic carbocycles. The molecule has 1 aromatic rings. The minimum Gasteiger partial charge on any atom is -0.465 e. The smallest absolute Gasteiger partial charge is 0.337 e. The second-order valence-corrected chi connectivity index (χ2v) is 3.96. The highest BCUT2D eigenvalue weighted by Crippen LogP contribution is 2.15. The third kappa shape index (κ3) is 3.75. The molecule has 0 amide bonds. The van der Waals surface area contributed by atoms with Gasteiger partial charge in [0.25, 0.3) is 0 Å². The molecule has 0 unspecified atom stereocenters. The van der Waals surface area contributed by atoms with Gasteiger partial charge in [0.05, 0.1) is 23.6 Å². The average Bonchev–Trinajstić information content (AvgIpc) is 2.39. The Morgan fingerprint density at radius 1 is 1.56 bits per heavy atom. The summed E-state index contributed by atoms with van der Waals surface area (Å²) in [6.45, 7) is 0. The zero-order valence-corrected chi connectivity index (χ0v) is 11.1. The van der Waals surface area contributed by atoms with E-state index in [1.54, 1.807) is 30.3 Å². The largest absolute Gasteiger partial charge is 0.465 e. The van der Waals surface area contributed by atoms with Gasteiger partial charge in [-0.25, -0.2) is 4.79 Å². The number of hydrogen-bond acceptors (Lipinski definition) is 4. The van der Waals surface area contributed by atoms with E-state index >= 15 is 0 Å². The number of hydrogen-bond donors (Lipinski definition) is 1. The molecule has 18 heavy (non-hydrogen) atoms. The van der Waals surface area contributed by atoms with E-state index in [1.165, 1.54) is 7.11 Å². The molecule has 0 fully saturated rings. The molecule has 0 saturated carbocycles. The molecule has 0 aliphatic rings. The van der Waals surface area contributed by atoms with Crippen LogP contribution in [0.4, 0.5) is 0 Å². The first-order chi connectivity index (χ1) is 8.62. The molecule has 0 aromatic heterocycles. The van der Waals surface area contributed by atoms with Gasteiger partial charge in [-0.2, -0.15) is 0 Å². The number of carbonyl (C=O) groups excluding carboxylic acids is 1. The van der Waals surface area contributed by atoms with Crippen LogP contribution in [0.5, 0.6) is 0 Å². The van der Waals surface area contributed by atoms with Crippen molar-refractivity contribution < 1.29 is 14.7 Å². The van der Waals surface area contributed by atoms with Crippen molar-refractivity contribution in [2.24, 2.45) is 5.16 Å². The number of allylic oxidation sites excluding steroid dienone is 1. The van der Waals surface area contributed by atoms with Gasteiger partial charge in [-0.1, -0.05) is 28.9 Å². The van der Waals surface area contributed by atoms with E-state index < -0.39 is 5.97 Å². The van der Waals surface area contributed by atoms with Gasteiger partial charge in [-0.3, -0.25) is 0 Å². The fraction of sp³-hybridized carbons (Fsp3) is 0.167. The summed E-state index contributed by atoms with van der Waals surface area (Å²) in [7, 11) is 1.31. The minimum absolute atomic E-state index is 0.0114. The number of oxime groups is 1. The number of halogens is 2. The van der Waals surface area contributed by atoms with Crippen LogP contribution in [-0.2, 0) is 4.74 Å². The number of rotatable bonds is 4. The van der Waals surface area contributed by atoms with Crippen molar-refractivity contribution in [3.8, 4) is 0 Å². The van der Waals surface area contributed by atoms with E-state index in [1.807, 2.05) is 0 Å². The van der Waals surface area contributed by atoms with Crippen LogP contribution in [-0.4, -0.2) is 29.9 Å². The van der Waals surface area contributed by atoms with Crippen LogP contribution in [0, 0.1) is 0 Å². The van der Waals surface area contributed by atoms with E-state index in [0.717, 1.165) is 0 Å². The van der Waals surface area contributed by atoms with E-state index in [4.69, 9.17) is 28.4 Å². The number of benzene rings is 1. The van der Waals surface area contributed by atoms with Gasteiger partial charge < -0.3 is 9.94 Å². The van der Waals surface area contributed by atoms with E-state index in [-0.39, 0.29) is 16.6 Å². The van der Waals surface area contributed by atoms with Crippen molar-refractivity contribution in [3.63, 3.8) is 0 Å². The molecular formula is C12H11Cl2NO3. The predicted molar refractivity (Wildman–Crippen MR) is 71.6 cm³/mol. The van der Waals surface area contributed by atoms with Gasteiger partial charge in [0.15, 0.2) is 0 Å². The first-order valence-corrected chi connectivity index (χ1v) is 5.86. The SMILES string of the molecule is COC(=O)c1cccc(/C=C(Cl)/C(CCl)=N/O)c1. The summed E-state index contributed by atoms with van der Waals surface area (Å²) in [5, 5.41) is 11.8. The summed E-state index contributed by atoms with van der Waals surface area (Å²) in [5.74, 6) is -0.447. The fourth-order valence-corrected chi connectivity index (χ4v) is 1.74. The van der Waals surface area contributed by atoms with Crippen molar-refractivity contribution in [3.05, 3.63) is 40.4 Å². The van der Waals surface area contributed by atoms with E-state index in [9.17, 15) is 4.79 Å². The zero-order chi connectivity index (χ0) is 13.5. The predicted octanol–water partition coefficient (Wildman–Crippen LogP) is 3.12. The lowest BCUT2D eigenvalue weighted by atomic mass is 10.1. The monoisotopic (exact) mass is 287 g/mol. The molecule has 0 aliphatic carbocycles. The summed E-state index contributed by atoms with van der Waals surface area (Å²) in [5.41, 5.74) is 1.24. The van der Waals surface area contributed by atoms with Gasteiger partial charge in [-0.15, -0.1) is 11.6 Å². The maximum absolute atomic E-state index is 11.3. The lowest BCUT2D eigenvalue weighted by molar-refractivity contribution is 0.0600. The van der Waals surface area contributed by atoms with Gasteiger partial charge in [0.2, 0.25) is 0 Å². The number of nitrogens with zero attached hydrogens (tertiary/aromatic N) is 1. The normalized spacial score (nSPS) is 12.4. The maximum Gasteiger partial charge on any atom is 0.337 e. The Hall–Kier alpha value is -1.52. The first kappa shape index (κ1) is 14.5. The molecule has 4 nitrogen and oxygen atoms in total. The summed E-state index contributed by atoms with van der Waals surface area (Å²) >= 11 is 11.5. The van der Waals surface area contributed by atoms with Crippen molar-refractivity contribution in [2.45, 2.75) is 0 Å². The number of methoxy groups -OCH3 is 1. The Bertz CT molecular complexity index is 498. The van der Waals surface area contributed by atoms with Crippen molar-refractivity contribution in [2.75, 3.05) is 13.0 Å². The third-order valence-electron chi connectivity index (χ3n) is 2.12. The number of carbonyl (C=O) groups is 1. The third-order valence-corrected chi connectivity index (χ3v) is 2.70. The van der Waals surface area contributed by atoms with Crippen LogP contribution in [0.3, 0.4) is 0 Å². The quantitative estimate of drug-likeness (QED) is 0.304. The second kappa shape index (κ2) is 7.03. The highest BCUT2D eigenvalue weighted by molar-refractivity contribution is 6.49. The van der Waals surface area contributed by atoms with Gasteiger partial charge >= 0.3 is 5.97 Å². The van der Waals surface area contributed by atoms with E-state index in [2.05, 4.69) is 9.89 Å². The van der Waals surface area contributed by atoms with Crippen LogP contribution in [0.1, 0.15) is 15.9 Å². The van der Waals surface area contributed by atoms with Crippen LogP contribution >= 0.6 is 23.2 Å². The molecule has 0 radical (unpaired) electrons. The highest BCUT2D eigenvalue weighted by Gasteiger charge is 2.07. The van der Waals surface area contributed by atoms with E-state index in [0.29, 0.717) is 11.1 Å². The summed E-state index contributed by atoms with van der Waals surface area (Å²) in [6, 6.07) is 6.67. The molecule has 0 aliphatic heterocycles. The zero-order valence-electron chi connectivity index (χ0n) is 9.56. The Kier molecular flexibility index (Phi) is 5.68. The molecule has 0 spiro atoms. The number of esters is 1. The highest BCUT2D eigenvalue weighted by atomic mass is 35.5. The summed E-state index contributed by atoms with van der Waals surface area (Å²) in [6.07, 6.45) is 1.55. The standard InChI is InChI=1S/C12H11Cl2NO3/c1-18-12(16)9-4-2-3-8(5-9)6-10(14)11(7-13)15-17/h2-6,17H,7H2,1H3/b10-6-,15-11+. The Labute approximate surface area is 114 Å². The molecule has 96 valence electrons. The Morgan fingerprint density at radius 2 is 2.28 bits per heavy atom. The molecular weight excluding hydrogens is 277 g/mol. The average molecular weight is 288 g/mol. The van der Waals surface area contributed by atoms with Gasteiger partial charge in [0, 0.05) is 0 Å². The van der Waals surface area contributed by atoms with Crippen LogP contribution in [0.25, 0.3) is 6.08 Å². The lowest BCUT2D eigenvalue weighted by Gasteiger charge is -2.02. The Balaban J connectivity index is 3.05. The van der Waals surface area contributed by atoms with Crippen LogP contribution in [0.2, 0.25) is 0 Å². The van der Waals surface area contributed by atoms with Crippen molar-refractivity contribution in [1.82, 2.24) is 0 Å². The molecule has 0 heterocycles. The topological polar surface area (TPSA) is 58.9 Å².